The molecule has 0 unspecified atom stereocenters. The van der Waals surface area contributed by atoms with Gasteiger partial charge in [0.15, 0.2) is 0 Å². The fraction of sp³-hybridized carbons (Fsp3) is 0.200. The zero-order chi connectivity index (χ0) is 20.9. The summed E-state index contributed by atoms with van der Waals surface area (Å²) in [5.41, 5.74) is 1.54. The highest BCUT2D eigenvalue weighted by molar-refractivity contribution is 5.95. The first kappa shape index (κ1) is 19.4. The molecule has 0 aliphatic rings. The fourth-order valence-corrected chi connectivity index (χ4v) is 3.10. The smallest absolute Gasteiger partial charge is 0.274 e. The highest BCUT2D eigenvalue weighted by Gasteiger charge is 2.13. The van der Waals surface area contributed by atoms with Gasteiger partial charge in [0.1, 0.15) is 6.33 Å². The Balaban J connectivity index is 1.59. The minimum Gasteiger partial charge on any atom is -0.383 e. The first-order chi connectivity index (χ1) is 14.7. The van der Waals surface area contributed by atoms with Crippen LogP contribution in [0.5, 0.6) is 0 Å². The number of benzene rings is 2. The van der Waals surface area contributed by atoms with Crippen molar-refractivity contribution in [2.24, 2.45) is 0 Å². The van der Waals surface area contributed by atoms with E-state index in [1.54, 1.807) is 43.5 Å². The van der Waals surface area contributed by atoms with E-state index >= 15 is 0 Å². The number of methoxy groups -OCH3 is 1. The van der Waals surface area contributed by atoms with Crippen LogP contribution in [0.4, 0.5) is 0 Å². The molecule has 0 fully saturated rings. The van der Waals surface area contributed by atoms with Gasteiger partial charge in [0.05, 0.1) is 36.5 Å². The number of hydrogen-bond acceptors (Lipinski definition) is 7. The summed E-state index contributed by atoms with van der Waals surface area (Å²) >= 11 is 0. The van der Waals surface area contributed by atoms with Gasteiger partial charge in [0, 0.05) is 18.1 Å². The molecule has 2 aromatic heterocycles. The second kappa shape index (κ2) is 8.62. The van der Waals surface area contributed by atoms with Crippen molar-refractivity contribution in [3.8, 4) is 5.69 Å². The number of hydrogen-bond donors (Lipinski definition) is 1. The average Bonchev–Trinajstić information content (AvgIpc) is 3.33. The zero-order valence-corrected chi connectivity index (χ0v) is 16.2. The van der Waals surface area contributed by atoms with E-state index in [2.05, 4.69) is 25.9 Å². The maximum atomic E-state index is 12.7. The van der Waals surface area contributed by atoms with Gasteiger partial charge in [-0.25, -0.2) is 9.36 Å². The predicted molar refractivity (Wildman–Crippen MR) is 108 cm³/mol. The molecule has 0 radical (unpaired) electrons. The number of fused-ring (bicyclic) bond motifs is 1. The van der Waals surface area contributed by atoms with E-state index in [-0.39, 0.29) is 18.0 Å². The lowest BCUT2D eigenvalue weighted by Gasteiger charge is -2.12. The van der Waals surface area contributed by atoms with Gasteiger partial charge in [-0.15, -0.1) is 5.10 Å². The van der Waals surface area contributed by atoms with Crippen LogP contribution < -0.4 is 10.9 Å². The molecule has 0 aliphatic heterocycles. The molecule has 4 rings (SSSR count). The van der Waals surface area contributed by atoms with Crippen LogP contribution in [-0.2, 0) is 17.8 Å². The predicted octanol–water partition coefficient (Wildman–Crippen LogP) is 0.949. The standard InChI is InChI=1S/C20H19N7O3/c1-30-10-9-26-20(29)17-8-3-2-7-16(17)18(23-26)12-21-19(28)14-5-4-6-15(11-14)27-13-22-24-25-27/h2-8,11,13H,9-10,12H2,1H3,(H,21,28). The number of tetrazole rings is 1. The van der Waals surface area contributed by atoms with Crippen molar-refractivity contribution < 1.29 is 9.53 Å². The lowest BCUT2D eigenvalue weighted by molar-refractivity contribution is 0.0950. The highest BCUT2D eigenvalue weighted by atomic mass is 16.5. The van der Waals surface area contributed by atoms with Crippen molar-refractivity contribution in [2.45, 2.75) is 13.1 Å². The van der Waals surface area contributed by atoms with Crippen LogP contribution in [-0.4, -0.2) is 49.6 Å². The number of nitrogens with one attached hydrogen (secondary N) is 1. The highest BCUT2D eigenvalue weighted by Crippen LogP contribution is 2.14. The molecule has 2 aromatic carbocycles. The molecule has 0 spiro atoms. The van der Waals surface area contributed by atoms with Gasteiger partial charge in [-0.2, -0.15) is 5.10 Å². The Labute approximate surface area is 171 Å². The van der Waals surface area contributed by atoms with E-state index < -0.39 is 0 Å². The summed E-state index contributed by atoms with van der Waals surface area (Å²) in [6, 6.07) is 14.2. The molecule has 0 atom stereocenters. The summed E-state index contributed by atoms with van der Waals surface area (Å²) in [6.07, 6.45) is 1.45. The van der Waals surface area contributed by atoms with E-state index in [0.29, 0.717) is 40.9 Å². The van der Waals surface area contributed by atoms with Gasteiger partial charge in [0.2, 0.25) is 0 Å². The normalized spacial score (nSPS) is 11.0. The maximum Gasteiger partial charge on any atom is 0.274 e. The van der Waals surface area contributed by atoms with Crippen LogP contribution in [0.1, 0.15) is 16.1 Å². The van der Waals surface area contributed by atoms with Crippen LogP contribution in [0, 0.1) is 0 Å². The monoisotopic (exact) mass is 405 g/mol. The van der Waals surface area contributed by atoms with E-state index in [9.17, 15) is 9.59 Å². The molecule has 1 N–H and O–H groups in total. The number of rotatable bonds is 7. The summed E-state index contributed by atoms with van der Waals surface area (Å²) in [6.45, 7) is 0.859. The third-order valence-corrected chi connectivity index (χ3v) is 4.59. The molecule has 10 nitrogen and oxygen atoms in total. The summed E-state index contributed by atoms with van der Waals surface area (Å²) < 4.78 is 7.90. The third kappa shape index (κ3) is 3.94. The fourth-order valence-electron chi connectivity index (χ4n) is 3.10. The van der Waals surface area contributed by atoms with Gasteiger partial charge in [0.25, 0.3) is 11.5 Å². The largest absolute Gasteiger partial charge is 0.383 e. The number of amides is 1. The van der Waals surface area contributed by atoms with Crippen LogP contribution in [0.2, 0.25) is 0 Å². The van der Waals surface area contributed by atoms with Crippen LogP contribution in [0.3, 0.4) is 0 Å². The molecule has 0 saturated carbocycles. The molecule has 2 heterocycles. The van der Waals surface area contributed by atoms with E-state index in [1.807, 2.05) is 12.1 Å². The van der Waals surface area contributed by atoms with E-state index in [1.165, 1.54) is 15.7 Å². The molecular formula is C20H19N7O3. The van der Waals surface area contributed by atoms with Gasteiger partial charge in [-0.1, -0.05) is 24.3 Å². The zero-order valence-electron chi connectivity index (χ0n) is 16.2. The van der Waals surface area contributed by atoms with Crippen molar-refractivity contribution in [1.82, 2.24) is 35.3 Å². The molecule has 30 heavy (non-hydrogen) atoms. The van der Waals surface area contributed by atoms with Gasteiger partial charge < -0.3 is 10.1 Å². The number of carbonyl (C=O) groups is 1. The molecule has 0 aliphatic carbocycles. The quantitative estimate of drug-likeness (QED) is 0.486. The number of aromatic nitrogens is 6. The second-order valence-electron chi connectivity index (χ2n) is 6.50. The van der Waals surface area contributed by atoms with Crippen molar-refractivity contribution in [3.63, 3.8) is 0 Å². The summed E-state index contributed by atoms with van der Waals surface area (Å²) in [7, 11) is 1.57. The Hall–Kier alpha value is -3.92. The second-order valence-corrected chi connectivity index (χ2v) is 6.50. The summed E-state index contributed by atoms with van der Waals surface area (Å²) in [4.78, 5) is 25.3. The van der Waals surface area contributed by atoms with E-state index in [4.69, 9.17) is 4.74 Å². The van der Waals surface area contributed by atoms with Crippen molar-refractivity contribution in [3.05, 3.63) is 76.5 Å². The Morgan fingerprint density at radius 1 is 1.13 bits per heavy atom. The topological polar surface area (TPSA) is 117 Å². The van der Waals surface area contributed by atoms with Crippen molar-refractivity contribution >= 4 is 16.7 Å². The molecule has 0 saturated heterocycles. The summed E-state index contributed by atoms with van der Waals surface area (Å²) in [5.74, 6) is -0.273. The average molecular weight is 405 g/mol. The lowest BCUT2D eigenvalue weighted by Crippen LogP contribution is -2.29. The number of ether oxygens (including phenoxy) is 1. The van der Waals surface area contributed by atoms with Gasteiger partial charge in [-0.05, 0) is 34.7 Å². The molecule has 10 heteroatoms. The van der Waals surface area contributed by atoms with Crippen LogP contribution in [0.25, 0.3) is 16.5 Å². The minimum atomic E-state index is -0.273. The Morgan fingerprint density at radius 3 is 2.73 bits per heavy atom. The number of nitrogens with zero attached hydrogens (tertiary/aromatic N) is 6. The SMILES string of the molecule is COCCn1nc(CNC(=O)c2cccc(-n3cnnn3)c2)c2ccccc2c1=O. The molecule has 4 aromatic rings. The Morgan fingerprint density at radius 2 is 1.97 bits per heavy atom. The van der Waals surface area contributed by atoms with Crippen LogP contribution in [0.15, 0.2) is 59.7 Å². The molecular weight excluding hydrogens is 386 g/mol. The van der Waals surface area contributed by atoms with Crippen molar-refractivity contribution in [1.29, 1.82) is 0 Å². The molecule has 1 amide bonds. The van der Waals surface area contributed by atoms with E-state index in [0.717, 1.165) is 0 Å². The number of carbonyl (C=O) groups excluding carboxylic acids is 1. The Bertz CT molecular complexity index is 1230. The Kier molecular flexibility index (Phi) is 5.57. The minimum absolute atomic E-state index is 0.168. The summed E-state index contributed by atoms with van der Waals surface area (Å²) in [5, 5.41) is 19.6. The first-order valence-corrected chi connectivity index (χ1v) is 9.26. The van der Waals surface area contributed by atoms with Gasteiger partial charge in [-0.3, -0.25) is 9.59 Å². The lowest BCUT2D eigenvalue weighted by atomic mass is 10.1. The van der Waals surface area contributed by atoms with Crippen LogP contribution >= 0.6 is 0 Å². The molecule has 152 valence electrons. The van der Waals surface area contributed by atoms with Crippen molar-refractivity contribution in [2.75, 3.05) is 13.7 Å². The van der Waals surface area contributed by atoms with Gasteiger partial charge >= 0.3 is 0 Å². The first-order valence-electron chi connectivity index (χ1n) is 9.26. The molecule has 0 bridgehead atoms. The third-order valence-electron chi connectivity index (χ3n) is 4.59. The maximum absolute atomic E-state index is 12.7.